The summed E-state index contributed by atoms with van der Waals surface area (Å²) in [5, 5.41) is 7.23. The summed E-state index contributed by atoms with van der Waals surface area (Å²) in [5.74, 6) is -0.744. The molecule has 0 saturated carbocycles. The number of fused-ring (bicyclic) bond motifs is 1. The van der Waals surface area contributed by atoms with Crippen LogP contribution in [0.15, 0.2) is 42.5 Å². The molecule has 4 N–H and O–H groups in total. The van der Waals surface area contributed by atoms with Crippen molar-refractivity contribution in [3.8, 4) is 11.5 Å². The second kappa shape index (κ2) is 9.38. The molecule has 1 fully saturated rings. The summed E-state index contributed by atoms with van der Waals surface area (Å²) in [4.78, 5) is 18.4. The highest BCUT2D eigenvalue weighted by Crippen LogP contribution is 2.39. The molecule has 3 aromatic rings. The molecule has 10 heteroatoms. The number of nitrogens with one attached hydrogen (secondary N) is 2. The third-order valence-corrected chi connectivity index (χ3v) is 5.96. The van der Waals surface area contributed by atoms with Crippen LogP contribution >= 0.6 is 0 Å². The highest BCUT2D eigenvalue weighted by molar-refractivity contribution is 6.06. The summed E-state index contributed by atoms with van der Waals surface area (Å²) in [6.45, 7) is 2.61. The van der Waals surface area contributed by atoms with Crippen molar-refractivity contribution >= 4 is 22.8 Å². The van der Waals surface area contributed by atoms with Gasteiger partial charge in [0.1, 0.15) is 17.2 Å². The second-order valence-corrected chi connectivity index (χ2v) is 8.41. The predicted molar refractivity (Wildman–Crippen MR) is 123 cm³/mol. The molecule has 1 amide bonds. The Kier molecular flexibility index (Phi) is 6.52. The van der Waals surface area contributed by atoms with Gasteiger partial charge >= 0.3 is 6.18 Å². The van der Waals surface area contributed by atoms with E-state index in [9.17, 15) is 18.0 Å². The molecule has 1 saturated heterocycles. The summed E-state index contributed by atoms with van der Waals surface area (Å²) in [6.07, 6.45) is -1.21. The van der Waals surface area contributed by atoms with Crippen molar-refractivity contribution in [1.29, 1.82) is 5.41 Å². The number of hydrogen-bond acceptors (Lipinski definition) is 4. The van der Waals surface area contributed by atoms with E-state index < -0.39 is 23.6 Å². The number of H-pyrrole nitrogens is 1. The molecule has 0 unspecified atom stereocenters. The minimum Gasteiger partial charge on any atom is -0.457 e. The Bertz CT molecular complexity index is 1220. The highest BCUT2D eigenvalue weighted by atomic mass is 19.4. The number of rotatable bonds is 5. The quantitative estimate of drug-likeness (QED) is 0.361. The van der Waals surface area contributed by atoms with Crippen LogP contribution in [0, 0.1) is 5.41 Å². The first-order valence-corrected chi connectivity index (χ1v) is 11.0. The van der Waals surface area contributed by atoms with Crippen LogP contribution in [-0.2, 0) is 12.7 Å². The molecule has 34 heavy (non-hydrogen) atoms. The van der Waals surface area contributed by atoms with E-state index in [4.69, 9.17) is 15.9 Å². The number of benzene rings is 2. The summed E-state index contributed by atoms with van der Waals surface area (Å²) < 4.78 is 47.6. The number of amides is 1. The van der Waals surface area contributed by atoms with Crippen molar-refractivity contribution in [3.05, 3.63) is 59.3 Å². The molecular formula is C24H26F3N5O2. The number of ether oxygens (including phenoxy) is 1. The van der Waals surface area contributed by atoms with Crippen molar-refractivity contribution in [1.82, 2.24) is 14.8 Å². The van der Waals surface area contributed by atoms with E-state index in [0.717, 1.165) is 48.5 Å². The maximum Gasteiger partial charge on any atom is 0.417 e. The molecule has 7 nitrogen and oxygen atoms in total. The molecule has 0 atom stereocenters. The van der Waals surface area contributed by atoms with Gasteiger partial charge in [-0.25, -0.2) is 0 Å². The highest BCUT2D eigenvalue weighted by Gasteiger charge is 2.34. The Hall–Kier alpha value is -3.53. The number of piperidine rings is 1. The number of halogens is 3. The molecule has 4 rings (SSSR count). The normalized spacial score (nSPS) is 14.8. The predicted octanol–water partition coefficient (Wildman–Crippen LogP) is 4.93. The first-order valence-electron chi connectivity index (χ1n) is 11.0. The number of aromatic nitrogens is 1. The van der Waals surface area contributed by atoms with Crippen LogP contribution in [0.5, 0.6) is 11.5 Å². The van der Waals surface area contributed by atoms with Gasteiger partial charge in [-0.15, -0.1) is 0 Å². The van der Waals surface area contributed by atoms with Crippen LogP contribution in [-0.4, -0.2) is 46.8 Å². The fraction of sp³-hybridized carbons (Fsp3) is 0.333. The molecule has 0 spiro atoms. The molecule has 0 radical (unpaired) electrons. The Labute approximate surface area is 194 Å². The number of carbonyl (C=O) groups excluding carboxylic acids is 1. The van der Waals surface area contributed by atoms with Gasteiger partial charge in [0.05, 0.1) is 11.1 Å². The maximum atomic E-state index is 13.9. The number of nitrogens with two attached hydrogens (primary N) is 1. The molecule has 1 aliphatic rings. The molecule has 0 aliphatic carbocycles. The van der Waals surface area contributed by atoms with E-state index in [1.807, 2.05) is 12.1 Å². The number of nitrogens with zero attached hydrogens (tertiary/aromatic N) is 2. The Morgan fingerprint density at radius 3 is 2.56 bits per heavy atom. The molecule has 1 aromatic heterocycles. The van der Waals surface area contributed by atoms with Gasteiger partial charge < -0.3 is 15.5 Å². The third kappa shape index (κ3) is 5.01. The van der Waals surface area contributed by atoms with E-state index >= 15 is 0 Å². The minimum atomic E-state index is -4.67. The topological polar surface area (TPSA) is 98.4 Å². The first-order chi connectivity index (χ1) is 16.1. The van der Waals surface area contributed by atoms with Crippen molar-refractivity contribution in [3.63, 3.8) is 0 Å². The zero-order chi connectivity index (χ0) is 24.5. The van der Waals surface area contributed by atoms with E-state index in [1.165, 1.54) is 19.5 Å². The van der Waals surface area contributed by atoms with Crippen molar-refractivity contribution in [2.45, 2.75) is 32.0 Å². The number of aromatic amines is 1. The molecule has 0 bridgehead atoms. The van der Waals surface area contributed by atoms with E-state index in [1.54, 1.807) is 12.1 Å². The third-order valence-electron chi connectivity index (χ3n) is 5.96. The molecular weight excluding hydrogens is 447 g/mol. The minimum absolute atomic E-state index is 0.00620. The average molecular weight is 473 g/mol. The SMILES string of the molecule is CN(C(=N)N)C(=O)c1cc2c(C(F)(F)F)cc(Oc3ccccc3CN3CCCCC3)cc2[nH]1. The fourth-order valence-electron chi connectivity index (χ4n) is 4.13. The number of hydrogen-bond donors (Lipinski definition) is 3. The lowest BCUT2D eigenvalue weighted by atomic mass is 10.1. The average Bonchev–Trinajstić information content (AvgIpc) is 3.23. The van der Waals surface area contributed by atoms with Crippen molar-refractivity contribution in [2.24, 2.45) is 5.73 Å². The number of para-hydroxylation sites is 1. The molecule has 2 heterocycles. The van der Waals surface area contributed by atoms with Gasteiger partial charge in [0, 0.05) is 30.6 Å². The Morgan fingerprint density at radius 2 is 1.88 bits per heavy atom. The van der Waals surface area contributed by atoms with Gasteiger partial charge in [0.15, 0.2) is 5.96 Å². The lowest BCUT2D eigenvalue weighted by molar-refractivity contribution is -0.136. The molecule has 180 valence electrons. The van der Waals surface area contributed by atoms with Crippen molar-refractivity contribution < 1.29 is 22.7 Å². The lowest BCUT2D eigenvalue weighted by Crippen LogP contribution is -2.38. The van der Waals surface area contributed by atoms with Crippen LogP contribution in [0.25, 0.3) is 10.9 Å². The van der Waals surface area contributed by atoms with Crippen LogP contribution in [0.4, 0.5) is 13.2 Å². The number of guanidine groups is 1. The van der Waals surface area contributed by atoms with Crippen LogP contribution in [0.3, 0.4) is 0 Å². The fourth-order valence-corrected chi connectivity index (χ4v) is 4.13. The Balaban J connectivity index is 1.70. The number of likely N-dealkylation sites (tertiary alicyclic amines) is 1. The van der Waals surface area contributed by atoms with Gasteiger partial charge in [-0.3, -0.25) is 20.0 Å². The van der Waals surface area contributed by atoms with Gasteiger partial charge in [0.25, 0.3) is 5.91 Å². The summed E-state index contributed by atoms with van der Waals surface area (Å²) in [6, 6.07) is 10.8. The summed E-state index contributed by atoms with van der Waals surface area (Å²) in [7, 11) is 1.27. The standard InChI is InChI=1S/C24H26F3N5O2/c1-31(23(28)29)22(33)20-13-17-18(24(25,26)27)11-16(12-19(17)30-20)34-21-8-4-3-7-15(21)14-32-9-5-2-6-10-32/h3-4,7-8,11-13,30H,2,5-6,9-10,14H2,1H3,(H3,28,29). The van der Waals surface area contributed by atoms with E-state index in [-0.39, 0.29) is 22.3 Å². The van der Waals surface area contributed by atoms with Gasteiger partial charge in [-0.05, 0) is 44.1 Å². The van der Waals surface area contributed by atoms with Gasteiger partial charge in [0.2, 0.25) is 0 Å². The second-order valence-electron chi connectivity index (χ2n) is 8.41. The molecule has 2 aromatic carbocycles. The zero-order valence-corrected chi connectivity index (χ0v) is 18.7. The van der Waals surface area contributed by atoms with Crippen LogP contribution in [0.1, 0.15) is 40.9 Å². The first kappa shape index (κ1) is 23.6. The van der Waals surface area contributed by atoms with Crippen molar-refractivity contribution in [2.75, 3.05) is 20.1 Å². The Morgan fingerprint density at radius 1 is 1.18 bits per heavy atom. The molecule has 1 aliphatic heterocycles. The van der Waals surface area contributed by atoms with Crippen LogP contribution < -0.4 is 10.5 Å². The smallest absolute Gasteiger partial charge is 0.417 e. The maximum absolute atomic E-state index is 13.9. The summed E-state index contributed by atoms with van der Waals surface area (Å²) in [5.41, 5.74) is 5.29. The van der Waals surface area contributed by atoms with Crippen LogP contribution in [0.2, 0.25) is 0 Å². The van der Waals surface area contributed by atoms with E-state index in [2.05, 4.69) is 9.88 Å². The number of carbonyl (C=O) groups is 1. The van der Waals surface area contributed by atoms with E-state index in [0.29, 0.717) is 12.3 Å². The number of alkyl halides is 3. The monoisotopic (exact) mass is 473 g/mol. The lowest BCUT2D eigenvalue weighted by Gasteiger charge is -2.27. The largest absolute Gasteiger partial charge is 0.457 e. The van der Waals surface area contributed by atoms with Gasteiger partial charge in [-0.2, -0.15) is 13.2 Å². The summed E-state index contributed by atoms with van der Waals surface area (Å²) >= 11 is 0. The zero-order valence-electron chi connectivity index (χ0n) is 18.7. The van der Waals surface area contributed by atoms with Gasteiger partial charge in [-0.1, -0.05) is 24.6 Å².